The highest BCUT2D eigenvalue weighted by molar-refractivity contribution is 9.10. The Kier molecular flexibility index (Phi) is 6.94. The maximum atomic E-state index is 12.2. The van der Waals surface area contributed by atoms with Crippen molar-refractivity contribution in [2.24, 2.45) is 5.92 Å². The molecule has 0 fully saturated rings. The number of rotatable bonds is 7. The first kappa shape index (κ1) is 19.8. The number of nitrogens with zero attached hydrogens (tertiary/aromatic N) is 1. The van der Waals surface area contributed by atoms with Crippen LogP contribution in [0.5, 0.6) is 11.5 Å². The van der Waals surface area contributed by atoms with E-state index in [4.69, 9.17) is 9.47 Å². The molecule has 0 saturated heterocycles. The maximum absolute atomic E-state index is 12.2. The van der Waals surface area contributed by atoms with E-state index < -0.39 is 0 Å². The smallest absolute Gasteiger partial charge is 0.162 e. The largest absolute Gasteiger partial charge is 0.493 e. The minimum atomic E-state index is 0.265. The van der Waals surface area contributed by atoms with Crippen molar-refractivity contribution in [3.63, 3.8) is 0 Å². The van der Waals surface area contributed by atoms with Gasteiger partial charge in [0.2, 0.25) is 0 Å². The molecule has 0 bridgehead atoms. The highest BCUT2D eigenvalue weighted by atomic mass is 79.9. The molecule has 0 spiro atoms. The van der Waals surface area contributed by atoms with E-state index in [1.807, 2.05) is 19.1 Å². The Morgan fingerprint density at radius 3 is 2.44 bits per heavy atom. The van der Waals surface area contributed by atoms with Crippen molar-refractivity contribution >= 4 is 21.7 Å². The fourth-order valence-electron chi connectivity index (χ4n) is 3.28. The first-order valence-corrected chi connectivity index (χ1v) is 9.60. The monoisotopic (exact) mass is 409 g/mol. The SMILES string of the molecule is CCC1=CN(CCc2cc(OC)c(OC)cc2Br)C(C(C)C)CC1=O. The van der Waals surface area contributed by atoms with Crippen molar-refractivity contribution in [3.8, 4) is 11.5 Å². The van der Waals surface area contributed by atoms with E-state index in [-0.39, 0.29) is 6.04 Å². The zero-order chi connectivity index (χ0) is 18.6. The van der Waals surface area contributed by atoms with E-state index in [1.54, 1.807) is 14.2 Å². The van der Waals surface area contributed by atoms with E-state index >= 15 is 0 Å². The van der Waals surface area contributed by atoms with Crippen molar-refractivity contribution in [1.29, 1.82) is 0 Å². The van der Waals surface area contributed by atoms with Gasteiger partial charge >= 0.3 is 0 Å². The van der Waals surface area contributed by atoms with Gasteiger partial charge in [-0.1, -0.05) is 36.7 Å². The van der Waals surface area contributed by atoms with Gasteiger partial charge < -0.3 is 14.4 Å². The molecule has 1 heterocycles. The predicted molar refractivity (Wildman–Crippen MR) is 104 cm³/mol. The Balaban J connectivity index is 2.20. The summed E-state index contributed by atoms with van der Waals surface area (Å²) in [5.41, 5.74) is 2.10. The summed E-state index contributed by atoms with van der Waals surface area (Å²) < 4.78 is 11.8. The van der Waals surface area contributed by atoms with Crippen LogP contribution < -0.4 is 9.47 Å². The predicted octanol–water partition coefficient (Wildman–Crippen LogP) is 4.60. The van der Waals surface area contributed by atoms with Gasteiger partial charge in [0.05, 0.1) is 14.2 Å². The molecule has 0 aromatic heterocycles. The zero-order valence-electron chi connectivity index (χ0n) is 15.8. The quantitative estimate of drug-likeness (QED) is 0.659. The van der Waals surface area contributed by atoms with Gasteiger partial charge in [-0.05, 0) is 36.5 Å². The zero-order valence-corrected chi connectivity index (χ0v) is 17.4. The molecule has 1 atom stereocenters. The second-order valence-electron chi connectivity index (χ2n) is 6.73. The molecule has 0 N–H and O–H groups in total. The van der Waals surface area contributed by atoms with Gasteiger partial charge in [-0.25, -0.2) is 0 Å². The molecule has 0 radical (unpaired) electrons. The summed E-state index contributed by atoms with van der Waals surface area (Å²) in [6.45, 7) is 7.28. The van der Waals surface area contributed by atoms with Crippen LogP contribution in [-0.2, 0) is 11.2 Å². The van der Waals surface area contributed by atoms with Gasteiger partial charge in [-0.3, -0.25) is 4.79 Å². The number of methoxy groups -OCH3 is 2. The molecule has 25 heavy (non-hydrogen) atoms. The number of carbonyl (C=O) groups excluding carboxylic acids is 1. The number of benzene rings is 1. The number of ketones is 1. The highest BCUT2D eigenvalue weighted by Crippen LogP contribution is 2.34. The van der Waals surface area contributed by atoms with Gasteiger partial charge in [-0.15, -0.1) is 0 Å². The van der Waals surface area contributed by atoms with Gasteiger partial charge in [-0.2, -0.15) is 0 Å². The van der Waals surface area contributed by atoms with Crippen LogP contribution in [0.15, 0.2) is 28.4 Å². The fraction of sp³-hybridized carbons (Fsp3) is 0.550. The van der Waals surface area contributed by atoms with Crippen molar-refractivity contribution in [3.05, 3.63) is 33.9 Å². The van der Waals surface area contributed by atoms with Gasteiger partial charge in [0.25, 0.3) is 0 Å². The average Bonchev–Trinajstić information content (AvgIpc) is 2.60. The van der Waals surface area contributed by atoms with Crippen molar-refractivity contribution < 1.29 is 14.3 Å². The maximum Gasteiger partial charge on any atom is 0.162 e. The number of ether oxygens (including phenoxy) is 2. The minimum absolute atomic E-state index is 0.265. The summed E-state index contributed by atoms with van der Waals surface area (Å²) in [7, 11) is 3.29. The van der Waals surface area contributed by atoms with Gasteiger partial charge in [0, 0.05) is 35.3 Å². The molecule has 4 nitrogen and oxygen atoms in total. The fourth-order valence-corrected chi connectivity index (χ4v) is 3.80. The van der Waals surface area contributed by atoms with Crippen LogP contribution in [0.2, 0.25) is 0 Å². The van der Waals surface area contributed by atoms with E-state index in [9.17, 15) is 4.79 Å². The summed E-state index contributed by atoms with van der Waals surface area (Å²) >= 11 is 3.63. The van der Waals surface area contributed by atoms with Crippen LogP contribution in [0.25, 0.3) is 0 Å². The highest BCUT2D eigenvalue weighted by Gasteiger charge is 2.28. The minimum Gasteiger partial charge on any atom is -0.493 e. The van der Waals surface area contributed by atoms with Crippen molar-refractivity contribution in [2.45, 2.75) is 46.1 Å². The summed E-state index contributed by atoms with van der Waals surface area (Å²) in [6, 6.07) is 4.23. The summed E-state index contributed by atoms with van der Waals surface area (Å²) in [4.78, 5) is 14.6. The normalized spacial score (nSPS) is 17.7. The number of carbonyl (C=O) groups is 1. The van der Waals surface area contributed by atoms with Crippen LogP contribution in [0.3, 0.4) is 0 Å². The van der Waals surface area contributed by atoms with E-state index in [0.29, 0.717) is 18.1 Å². The second-order valence-corrected chi connectivity index (χ2v) is 7.59. The summed E-state index contributed by atoms with van der Waals surface area (Å²) in [5.74, 6) is 2.19. The molecule has 5 heteroatoms. The average molecular weight is 410 g/mol. The number of hydrogen-bond acceptors (Lipinski definition) is 4. The molecular weight excluding hydrogens is 382 g/mol. The first-order valence-electron chi connectivity index (χ1n) is 8.81. The number of halogens is 1. The standard InChI is InChI=1S/C20H28BrNO3/c1-6-14-12-22(17(13(2)3)11-18(14)23)8-7-15-9-19(24-4)20(25-5)10-16(15)21/h9-10,12-13,17H,6-8,11H2,1-5H3. The molecule has 1 unspecified atom stereocenters. The van der Waals surface area contributed by atoms with Crippen LogP contribution in [0.4, 0.5) is 0 Å². The molecule has 0 aliphatic carbocycles. The topological polar surface area (TPSA) is 38.8 Å². The molecule has 1 aromatic rings. The molecule has 0 saturated carbocycles. The number of allylic oxidation sites excluding steroid dienone is 1. The molecule has 1 aromatic carbocycles. The second kappa shape index (κ2) is 8.75. The van der Waals surface area contributed by atoms with Crippen LogP contribution >= 0.6 is 15.9 Å². The van der Waals surface area contributed by atoms with Crippen molar-refractivity contribution in [1.82, 2.24) is 4.90 Å². The lowest BCUT2D eigenvalue weighted by Gasteiger charge is -2.37. The third-order valence-corrected chi connectivity index (χ3v) is 5.58. The molecule has 0 amide bonds. The molecule has 1 aliphatic rings. The summed E-state index contributed by atoms with van der Waals surface area (Å²) in [5, 5.41) is 0. The third-order valence-electron chi connectivity index (χ3n) is 4.84. The lowest BCUT2D eigenvalue weighted by Crippen LogP contribution is -2.42. The van der Waals surface area contributed by atoms with Crippen LogP contribution in [-0.4, -0.2) is 37.5 Å². The Morgan fingerprint density at radius 1 is 1.24 bits per heavy atom. The van der Waals surface area contributed by atoms with Gasteiger partial charge in [0.15, 0.2) is 17.3 Å². The Bertz CT molecular complexity index is 655. The Labute approximate surface area is 159 Å². The molecule has 138 valence electrons. The lowest BCUT2D eigenvalue weighted by molar-refractivity contribution is -0.118. The summed E-state index contributed by atoms with van der Waals surface area (Å²) in [6.07, 6.45) is 4.35. The third kappa shape index (κ3) is 4.57. The Hall–Kier alpha value is -1.49. The molecular formula is C20H28BrNO3. The first-order chi connectivity index (χ1) is 11.9. The lowest BCUT2D eigenvalue weighted by atomic mass is 9.90. The van der Waals surface area contributed by atoms with Crippen LogP contribution in [0, 0.1) is 5.92 Å². The van der Waals surface area contributed by atoms with E-state index in [0.717, 1.165) is 40.9 Å². The van der Waals surface area contributed by atoms with E-state index in [2.05, 4.69) is 40.9 Å². The van der Waals surface area contributed by atoms with Crippen LogP contribution in [0.1, 0.15) is 39.2 Å². The molecule has 1 aliphatic heterocycles. The Morgan fingerprint density at radius 2 is 1.88 bits per heavy atom. The van der Waals surface area contributed by atoms with Gasteiger partial charge in [0.1, 0.15) is 0 Å². The van der Waals surface area contributed by atoms with E-state index in [1.165, 1.54) is 5.56 Å². The molecule has 2 rings (SSSR count). The number of hydrogen-bond donors (Lipinski definition) is 0. The van der Waals surface area contributed by atoms with Crippen molar-refractivity contribution in [2.75, 3.05) is 20.8 Å². The number of Topliss-reactive ketones (excluding diaryl/α,β-unsaturated/α-hetero) is 1.